The van der Waals surface area contributed by atoms with Crippen LogP contribution in [0.15, 0.2) is 87.0 Å². The lowest BCUT2D eigenvalue weighted by Gasteiger charge is -2.16. The van der Waals surface area contributed by atoms with Crippen LogP contribution in [-0.4, -0.2) is 44.9 Å². The Morgan fingerprint density at radius 2 is 1.33 bits per heavy atom. The number of methoxy groups -OCH3 is 2. The van der Waals surface area contributed by atoms with E-state index in [4.69, 9.17) is 14.2 Å². The first kappa shape index (κ1) is 40.5. The van der Waals surface area contributed by atoms with E-state index in [2.05, 4.69) is 22.3 Å². The molecule has 12 heteroatoms. The molecule has 0 saturated carbocycles. The highest BCUT2D eigenvalue weighted by molar-refractivity contribution is 7.86. The summed E-state index contributed by atoms with van der Waals surface area (Å²) in [6.07, 6.45) is 19.2. The van der Waals surface area contributed by atoms with E-state index in [1.165, 1.54) is 102 Å². The van der Waals surface area contributed by atoms with Crippen molar-refractivity contribution in [3.63, 3.8) is 0 Å². The van der Waals surface area contributed by atoms with Crippen molar-refractivity contribution in [3.8, 4) is 23.0 Å². The molecule has 11 nitrogen and oxygen atoms in total. The zero-order valence-electron chi connectivity index (χ0n) is 30.8. The lowest BCUT2D eigenvalue weighted by Crippen LogP contribution is -2.30. The van der Waals surface area contributed by atoms with Gasteiger partial charge in [-0.1, -0.05) is 115 Å². The van der Waals surface area contributed by atoms with Gasteiger partial charge in [-0.15, -0.1) is 0 Å². The number of amides is 1. The van der Waals surface area contributed by atoms with Crippen molar-refractivity contribution in [1.82, 2.24) is 0 Å². The van der Waals surface area contributed by atoms with Crippen LogP contribution in [0.2, 0.25) is 0 Å². The third kappa shape index (κ3) is 12.4. The minimum atomic E-state index is -4.73. The summed E-state index contributed by atoms with van der Waals surface area (Å²) in [5, 5.41) is 14.5. The number of nitrogens with zero attached hydrogens (tertiary/aromatic N) is 4. The average molecular weight is 735 g/mol. The van der Waals surface area contributed by atoms with Crippen molar-refractivity contribution in [3.05, 3.63) is 66.7 Å². The molecule has 4 rings (SSSR count). The van der Waals surface area contributed by atoms with Gasteiger partial charge >= 0.3 is 0 Å². The summed E-state index contributed by atoms with van der Waals surface area (Å²) < 4.78 is 51.5. The van der Waals surface area contributed by atoms with Gasteiger partial charge in [-0.3, -0.25) is 9.35 Å². The molecule has 1 aliphatic heterocycles. The van der Waals surface area contributed by atoms with Gasteiger partial charge in [0.25, 0.3) is 16.0 Å². The summed E-state index contributed by atoms with van der Waals surface area (Å²) in [4.78, 5) is 13.4. The molecule has 0 fully saturated rings. The maximum absolute atomic E-state index is 13.9. The van der Waals surface area contributed by atoms with Crippen LogP contribution in [0.4, 0.5) is 11.4 Å². The van der Waals surface area contributed by atoms with Crippen molar-refractivity contribution in [2.75, 3.05) is 19.2 Å². The topological polar surface area (TPSA) is 139 Å². The number of ether oxygens (including phenoxy) is 3. The molecular formula is C40H54N4O7S. The van der Waals surface area contributed by atoms with Gasteiger partial charge in [0.05, 0.1) is 25.6 Å². The molecule has 0 bridgehead atoms. The summed E-state index contributed by atoms with van der Waals surface area (Å²) in [7, 11) is -1.67. The first-order chi connectivity index (χ1) is 25.2. The van der Waals surface area contributed by atoms with E-state index in [0.29, 0.717) is 35.1 Å². The minimum Gasteiger partial charge on any atom is -0.497 e. The number of hydrogen-bond acceptors (Lipinski definition) is 9. The highest BCUT2D eigenvalue weighted by Gasteiger charge is 2.37. The second-order valence-electron chi connectivity index (χ2n) is 13.1. The molecule has 3 aromatic carbocycles. The maximum Gasteiger partial charge on any atom is 0.298 e. The van der Waals surface area contributed by atoms with Gasteiger partial charge in [0.2, 0.25) is 0 Å². The summed E-state index contributed by atoms with van der Waals surface area (Å²) in [5.74, 6) is 0.803. The van der Waals surface area contributed by atoms with E-state index in [-0.39, 0.29) is 11.4 Å². The molecule has 0 aromatic heterocycles. The molecule has 1 aliphatic rings. The molecule has 0 aliphatic carbocycles. The highest BCUT2D eigenvalue weighted by Crippen LogP contribution is 2.36. The number of anilines is 1. The predicted octanol–water partition coefficient (Wildman–Crippen LogP) is 10.9. The number of unbranched alkanes of at least 4 members (excludes halogenated alkanes) is 14. The lowest BCUT2D eigenvalue weighted by molar-refractivity contribution is -0.117. The number of rotatable bonds is 24. The largest absolute Gasteiger partial charge is 0.497 e. The van der Waals surface area contributed by atoms with Crippen LogP contribution in [0.5, 0.6) is 23.0 Å². The van der Waals surface area contributed by atoms with Crippen LogP contribution < -0.4 is 19.2 Å². The van der Waals surface area contributed by atoms with Gasteiger partial charge in [-0.05, 0) is 55.3 Å². The number of hydrazone groups is 1. The Hall–Kier alpha value is -4.29. The van der Waals surface area contributed by atoms with E-state index >= 15 is 0 Å². The molecule has 0 radical (unpaired) electrons. The van der Waals surface area contributed by atoms with Gasteiger partial charge in [0.1, 0.15) is 33.6 Å². The Labute approximate surface area is 309 Å². The molecule has 1 N–H and O–H groups in total. The van der Waals surface area contributed by atoms with E-state index in [1.54, 1.807) is 55.6 Å². The summed E-state index contributed by atoms with van der Waals surface area (Å²) in [6.45, 7) is 2.26. The van der Waals surface area contributed by atoms with Crippen LogP contribution in [0.3, 0.4) is 0 Å². The van der Waals surface area contributed by atoms with Crippen LogP contribution in [0.25, 0.3) is 0 Å². The monoisotopic (exact) mass is 734 g/mol. The van der Waals surface area contributed by atoms with Gasteiger partial charge in [-0.2, -0.15) is 28.8 Å². The molecule has 1 atom stereocenters. The Balaban J connectivity index is 1.41. The number of para-hydroxylation sites is 1. The second kappa shape index (κ2) is 21.3. The summed E-state index contributed by atoms with van der Waals surface area (Å²) in [6, 6.07) is 16.7. The van der Waals surface area contributed by atoms with Crippen molar-refractivity contribution in [2.24, 2.45) is 15.3 Å². The average Bonchev–Trinajstić information content (AvgIpc) is 3.46. The molecule has 282 valence electrons. The van der Waals surface area contributed by atoms with Crippen LogP contribution in [0, 0.1) is 0 Å². The highest BCUT2D eigenvalue weighted by atomic mass is 32.2. The fourth-order valence-corrected chi connectivity index (χ4v) is 6.81. The van der Waals surface area contributed by atoms with Crippen LogP contribution >= 0.6 is 0 Å². The Morgan fingerprint density at radius 1 is 0.731 bits per heavy atom. The molecule has 1 unspecified atom stereocenters. The lowest BCUT2D eigenvalue weighted by atomic mass is 10.0. The van der Waals surface area contributed by atoms with E-state index in [0.717, 1.165) is 24.3 Å². The van der Waals surface area contributed by atoms with Gasteiger partial charge in [-0.25, -0.2) is 0 Å². The molecule has 1 amide bonds. The second-order valence-corrected chi connectivity index (χ2v) is 14.5. The smallest absolute Gasteiger partial charge is 0.298 e. The van der Waals surface area contributed by atoms with Crippen LogP contribution in [0.1, 0.15) is 110 Å². The Morgan fingerprint density at radius 3 is 1.90 bits per heavy atom. The third-order valence-corrected chi connectivity index (χ3v) is 9.99. The quantitative estimate of drug-likeness (QED) is 0.0549. The van der Waals surface area contributed by atoms with E-state index < -0.39 is 27.0 Å². The fraction of sp³-hybridized carbons (Fsp3) is 0.500. The molecule has 3 aromatic rings. The first-order valence-corrected chi connectivity index (χ1v) is 20.1. The fourth-order valence-electron chi connectivity index (χ4n) is 6.18. The third-order valence-electron chi connectivity index (χ3n) is 9.11. The number of benzene rings is 3. The predicted molar refractivity (Wildman–Crippen MR) is 205 cm³/mol. The van der Waals surface area contributed by atoms with Gasteiger partial charge in [0, 0.05) is 6.07 Å². The number of azo groups is 1. The zero-order valence-corrected chi connectivity index (χ0v) is 31.7. The van der Waals surface area contributed by atoms with Gasteiger partial charge < -0.3 is 14.2 Å². The van der Waals surface area contributed by atoms with Crippen LogP contribution in [-0.2, 0) is 14.9 Å². The standard InChI is InChI=1S/C40H54N4O7S/c1-4-5-6-7-8-9-10-11-12-13-14-15-16-17-21-24-34-39(42-41-35-30-33(49-2)26-28-36(35)50-3)40(45)44(43-34)31-25-27-37(38(29-31)52(46,47)48)51-32-22-19-18-20-23-32/h18-20,22-23,25-30,39H,4-17,21,24H2,1-3H3,(H,46,47,48)/b42-41+. The maximum atomic E-state index is 13.9. The zero-order chi connectivity index (χ0) is 37.2. The number of carbonyl (C=O) groups excluding carboxylic acids is 1. The summed E-state index contributed by atoms with van der Waals surface area (Å²) in [5.41, 5.74) is 1.04. The molecule has 1 heterocycles. The Bertz CT molecular complexity index is 1730. The van der Waals surface area contributed by atoms with Crippen molar-refractivity contribution in [1.29, 1.82) is 0 Å². The molecular weight excluding hydrogens is 681 g/mol. The van der Waals surface area contributed by atoms with E-state index in [1.807, 2.05) is 0 Å². The van der Waals surface area contributed by atoms with Gasteiger partial charge in [0.15, 0.2) is 6.04 Å². The van der Waals surface area contributed by atoms with Crippen molar-refractivity contribution in [2.45, 2.75) is 121 Å². The molecule has 0 saturated heterocycles. The summed E-state index contributed by atoms with van der Waals surface area (Å²) >= 11 is 0. The minimum absolute atomic E-state index is 0.0903. The Kier molecular flexibility index (Phi) is 16.6. The van der Waals surface area contributed by atoms with Crippen molar-refractivity contribution >= 4 is 33.1 Å². The molecule has 0 spiro atoms. The van der Waals surface area contributed by atoms with Crippen molar-refractivity contribution < 1.29 is 32.0 Å². The normalized spacial score (nSPS) is 14.6. The first-order valence-electron chi connectivity index (χ1n) is 18.6. The SMILES string of the molecule is CCCCCCCCCCCCCCCCCC1=NN(c2ccc(Oc3ccccc3)c(S(=O)(=O)O)c2)C(=O)C1/N=N/c1cc(OC)ccc1OC. The number of carbonyl (C=O) groups is 1. The molecule has 52 heavy (non-hydrogen) atoms. The number of hydrogen-bond donors (Lipinski definition) is 1. The van der Waals surface area contributed by atoms with E-state index in [9.17, 15) is 17.8 Å².